The zero-order chi connectivity index (χ0) is 25.3. The molecule has 0 spiro atoms. The van der Waals surface area contributed by atoms with E-state index in [-0.39, 0.29) is 11.5 Å². The van der Waals surface area contributed by atoms with Gasteiger partial charge in [0, 0.05) is 23.6 Å². The number of carbonyl (C=O) groups excluding carboxylic acids is 1. The SMILES string of the molecule is CCCCNCCCOc1ccc(C(=O)c2c(CCCC)oc3ccc(CS(C)(=O)=O)cc23)cc1. The number of furan rings is 1. The molecule has 3 aromatic rings. The van der Waals surface area contributed by atoms with Gasteiger partial charge in [0.2, 0.25) is 0 Å². The molecule has 0 amide bonds. The molecule has 1 aromatic heterocycles. The van der Waals surface area contributed by atoms with Crippen LogP contribution in [-0.4, -0.2) is 40.2 Å². The first-order chi connectivity index (χ1) is 16.8. The average molecular weight is 500 g/mol. The summed E-state index contributed by atoms with van der Waals surface area (Å²) in [6.45, 7) is 6.84. The van der Waals surface area contributed by atoms with Crippen LogP contribution in [0.1, 0.15) is 73.2 Å². The summed E-state index contributed by atoms with van der Waals surface area (Å²) in [5, 5.41) is 4.06. The van der Waals surface area contributed by atoms with Crippen molar-refractivity contribution >= 4 is 26.6 Å². The van der Waals surface area contributed by atoms with Gasteiger partial charge in [-0.3, -0.25) is 4.79 Å². The number of rotatable bonds is 15. The van der Waals surface area contributed by atoms with E-state index in [1.807, 2.05) is 12.1 Å². The third kappa shape index (κ3) is 7.94. The van der Waals surface area contributed by atoms with Gasteiger partial charge in [-0.05, 0) is 74.3 Å². The summed E-state index contributed by atoms with van der Waals surface area (Å²) in [7, 11) is -3.19. The first kappa shape index (κ1) is 27.0. The van der Waals surface area contributed by atoms with Gasteiger partial charge in [0.05, 0.1) is 17.9 Å². The van der Waals surface area contributed by atoms with Crippen molar-refractivity contribution in [2.24, 2.45) is 0 Å². The highest BCUT2D eigenvalue weighted by Crippen LogP contribution is 2.31. The molecule has 190 valence electrons. The minimum atomic E-state index is -3.19. The predicted molar refractivity (Wildman–Crippen MR) is 141 cm³/mol. The number of ketones is 1. The molecule has 0 radical (unpaired) electrons. The summed E-state index contributed by atoms with van der Waals surface area (Å²) in [6, 6.07) is 12.5. The van der Waals surface area contributed by atoms with Crippen molar-refractivity contribution in [1.82, 2.24) is 5.32 Å². The van der Waals surface area contributed by atoms with Gasteiger partial charge in [-0.25, -0.2) is 8.42 Å². The lowest BCUT2D eigenvalue weighted by Gasteiger charge is -2.08. The third-order valence-corrected chi connectivity index (χ3v) is 6.69. The minimum Gasteiger partial charge on any atom is -0.494 e. The summed E-state index contributed by atoms with van der Waals surface area (Å²) in [5.41, 5.74) is 2.32. The van der Waals surface area contributed by atoms with Crippen LogP contribution in [0.3, 0.4) is 0 Å². The number of fused-ring (bicyclic) bond motifs is 1. The Kier molecular flexibility index (Phi) is 9.93. The number of hydrogen-bond donors (Lipinski definition) is 1. The molecule has 0 saturated heterocycles. The second-order valence-corrected chi connectivity index (χ2v) is 11.2. The lowest BCUT2D eigenvalue weighted by molar-refractivity contribution is 0.103. The summed E-state index contributed by atoms with van der Waals surface area (Å²) in [6.07, 6.45) is 7.02. The molecule has 7 heteroatoms. The van der Waals surface area contributed by atoms with Crippen LogP contribution < -0.4 is 10.1 Å². The van der Waals surface area contributed by atoms with E-state index in [9.17, 15) is 13.2 Å². The minimum absolute atomic E-state index is 0.0772. The fraction of sp³-hybridized carbons (Fsp3) is 0.464. The Labute approximate surface area is 209 Å². The quantitative estimate of drug-likeness (QED) is 0.213. The molecule has 0 aliphatic heterocycles. The van der Waals surface area contributed by atoms with Crippen molar-refractivity contribution in [1.29, 1.82) is 0 Å². The third-order valence-electron chi connectivity index (χ3n) is 5.83. The van der Waals surface area contributed by atoms with E-state index in [1.54, 1.807) is 30.3 Å². The van der Waals surface area contributed by atoms with Gasteiger partial charge >= 0.3 is 0 Å². The van der Waals surface area contributed by atoms with Crippen LogP contribution in [0, 0.1) is 0 Å². The van der Waals surface area contributed by atoms with Crippen LogP contribution in [-0.2, 0) is 22.0 Å². The Morgan fingerprint density at radius 3 is 2.37 bits per heavy atom. The van der Waals surface area contributed by atoms with Crippen molar-refractivity contribution in [2.45, 2.75) is 58.1 Å². The maximum atomic E-state index is 13.6. The molecule has 2 aromatic carbocycles. The van der Waals surface area contributed by atoms with Crippen molar-refractivity contribution < 1.29 is 22.4 Å². The number of nitrogens with one attached hydrogen (secondary N) is 1. The van der Waals surface area contributed by atoms with Gasteiger partial charge < -0.3 is 14.5 Å². The van der Waals surface area contributed by atoms with Crippen LogP contribution in [0.4, 0.5) is 0 Å². The van der Waals surface area contributed by atoms with Crippen molar-refractivity contribution in [3.63, 3.8) is 0 Å². The number of unbranched alkanes of at least 4 members (excludes halogenated alkanes) is 2. The van der Waals surface area contributed by atoms with Crippen LogP contribution >= 0.6 is 0 Å². The topological polar surface area (TPSA) is 85.6 Å². The molecule has 3 rings (SSSR count). The monoisotopic (exact) mass is 499 g/mol. The van der Waals surface area contributed by atoms with Gasteiger partial charge in [0.25, 0.3) is 0 Å². The molecule has 0 unspecified atom stereocenters. The van der Waals surface area contributed by atoms with Gasteiger partial charge in [0.1, 0.15) is 17.1 Å². The first-order valence-corrected chi connectivity index (χ1v) is 14.6. The Balaban J connectivity index is 1.77. The van der Waals surface area contributed by atoms with Gasteiger partial charge in [-0.15, -0.1) is 0 Å². The van der Waals surface area contributed by atoms with Crippen LogP contribution in [0.25, 0.3) is 11.0 Å². The smallest absolute Gasteiger partial charge is 0.197 e. The van der Waals surface area contributed by atoms with Crippen LogP contribution in [0.2, 0.25) is 0 Å². The number of hydrogen-bond acceptors (Lipinski definition) is 6. The highest BCUT2D eigenvalue weighted by Gasteiger charge is 2.22. The molecule has 1 heterocycles. The zero-order valence-corrected chi connectivity index (χ0v) is 21.9. The lowest BCUT2D eigenvalue weighted by atomic mass is 9.97. The Hall–Kier alpha value is -2.64. The second kappa shape index (κ2) is 12.9. The van der Waals surface area contributed by atoms with Gasteiger partial charge in [0.15, 0.2) is 15.6 Å². The maximum Gasteiger partial charge on any atom is 0.197 e. The molecule has 35 heavy (non-hydrogen) atoms. The van der Waals surface area contributed by atoms with E-state index < -0.39 is 9.84 Å². The zero-order valence-electron chi connectivity index (χ0n) is 21.1. The molecule has 0 aliphatic rings. The summed E-state index contributed by atoms with van der Waals surface area (Å²) >= 11 is 0. The number of carbonyl (C=O) groups is 1. The molecule has 6 nitrogen and oxygen atoms in total. The molecular formula is C28H37NO5S. The largest absolute Gasteiger partial charge is 0.494 e. The highest BCUT2D eigenvalue weighted by molar-refractivity contribution is 7.89. The van der Waals surface area contributed by atoms with E-state index >= 15 is 0 Å². The fourth-order valence-electron chi connectivity index (χ4n) is 4.01. The molecular weight excluding hydrogens is 462 g/mol. The van der Waals surface area contributed by atoms with E-state index in [2.05, 4.69) is 19.2 Å². The standard InChI is InChI=1S/C28H37NO5S/c1-4-6-9-26-27(24-19-21(20-35(3,31)32)10-15-25(24)34-26)28(30)22-11-13-23(14-12-22)33-18-8-17-29-16-7-5-2/h10-15,19,29H,4-9,16-18,20H2,1-3H3. The Morgan fingerprint density at radius 2 is 1.69 bits per heavy atom. The normalized spacial score (nSPS) is 11.7. The summed E-state index contributed by atoms with van der Waals surface area (Å²) in [5.74, 6) is 1.18. The molecule has 0 atom stereocenters. The number of benzene rings is 2. The van der Waals surface area contributed by atoms with Gasteiger partial charge in [-0.1, -0.05) is 32.8 Å². The van der Waals surface area contributed by atoms with Crippen molar-refractivity contribution in [3.8, 4) is 5.75 Å². The van der Waals surface area contributed by atoms with Crippen LogP contribution in [0.5, 0.6) is 5.75 Å². The summed E-state index contributed by atoms with van der Waals surface area (Å²) in [4.78, 5) is 13.6. The van der Waals surface area contributed by atoms with E-state index in [1.165, 1.54) is 19.1 Å². The molecule has 0 saturated carbocycles. The Bertz CT molecular complexity index is 1210. The van der Waals surface area contributed by atoms with Crippen molar-refractivity contribution in [3.05, 3.63) is 64.9 Å². The predicted octanol–water partition coefficient (Wildman–Crippen LogP) is 5.71. The molecule has 0 fully saturated rings. The Morgan fingerprint density at radius 1 is 0.971 bits per heavy atom. The lowest BCUT2D eigenvalue weighted by Crippen LogP contribution is -2.18. The summed E-state index contributed by atoms with van der Waals surface area (Å²) < 4.78 is 35.5. The molecule has 1 N–H and O–H groups in total. The number of aryl methyl sites for hydroxylation is 1. The van der Waals surface area contributed by atoms with E-state index in [4.69, 9.17) is 9.15 Å². The highest BCUT2D eigenvalue weighted by atomic mass is 32.2. The second-order valence-electron chi connectivity index (χ2n) is 9.06. The molecule has 0 aliphatic carbocycles. The van der Waals surface area contributed by atoms with E-state index in [0.717, 1.165) is 38.1 Å². The van der Waals surface area contributed by atoms with Crippen LogP contribution in [0.15, 0.2) is 46.9 Å². The van der Waals surface area contributed by atoms with Gasteiger partial charge in [-0.2, -0.15) is 0 Å². The van der Waals surface area contributed by atoms with Crippen molar-refractivity contribution in [2.75, 3.05) is 26.0 Å². The maximum absolute atomic E-state index is 13.6. The van der Waals surface area contributed by atoms with E-state index in [0.29, 0.717) is 46.4 Å². The average Bonchev–Trinajstić information content (AvgIpc) is 3.18. The number of sulfone groups is 1. The fourth-order valence-corrected chi connectivity index (χ4v) is 4.80. The first-order valence-electron chi connectivity index (χ1n) is 12.5. The number of ether oxygens (including phenoxy) is 1. The molecule has 0 bridgehead atoms.